The third-order valence-electron chi connectivity index (χ3n) is 1.30. The molecule has 0 spiro atoms. The second kappa shape index (κ2) is 3.57. The molecule has 1 aromatic rings. The summed E-state index contributed by atoms with van der Waals surface area (Å²) >= 11 is 11.3. The van der Waals surface area contributed by atoms with Gasteiger partial charge in [0.25, 0.3) is 5.78 Å². The summed E-state index contributed by atoms with van der Waals surface area (Å²) in [7, 11) is 0. The van der Waals surface area contributed by atoms with Gasteiger partial charge in [0.2, 0.25) is 0 Å². The molecule has 0 saturated heterocycles. The molecule has 60 valence electrons. The lowest BCUT2D eigenvalue weighted by Crippen LogP contribution is -1.95. The molecule has 0 heterocycles. The third kappa shape index (κ3) is 1.58. The standard InChI is InChI=1S/C8H3Cl2NO/c9-6-3-1-2-5(8(6)10)7(12)4-11/h1-3H/i4+1,11+1. The Bertz CT molecular complexity index is 368. The van der Waals surface area contributed by atoms with Crippen molar-refractivity contribution in [2.45, 2.75) is 0 Å². The first-order valence-electron chi connectivity index (χ1n) is 3.05. The van der Waals surface area contributed by atoms with Crippen LogP contribution in [0.2, 0.25) is 10.0 Å². The Kier molecular flexibility index (Phi) is 2.69. The van der Waals surface area contributed by atoms with Gasteiger partial charge in [-0.15, -0.1) is 0 Å². The van der Waals surface area contributed by atoms with Crippen molar-refractivity contribution in [2.24, 2.45) is 0 Å². The van der Waals surface area contributed by atoms with Gasteiger partial charge in [-0.25, -0.2) is 0 Å². The van der Waals surface area contributed by atoms with E-state index in [4.69, 9.17) is 28.5 Å². The predicted molar refractivity (Wildman–Crippen MR) is 46.4 cm³/mol. The van der Waals surface area contributed by atoms with Crippen LogP contribution < -0.4 is 0 Å². The molecular weight excluding hydrogens is 199 g/mol. The van der Waals surface area contributed by atoms with Gasteiger partial charge in [-0.2, -0.15) is 5.26 Å². The highest BCUT2D eigenvalue weighted by molar-refractivity contribution is 6.44. The number of benzene rings is 1. The van der Waals surface area contributed by atoms with Crippen LogP contribution in [0.25, 0.3) is 0 Å². The van der Waals surface area contributed by atoms with E-state index >= 15 is 0 Å². The normalized spacial score (nSPS) is 9.08. The molecule has 0 aliphatic heterocycles. The summed E-state index contributed by atoms with van der Waals surface area (Å²) < 4.78 is 0. The first-order valence-corrected chi connectivity index (χ1v) is 3.81. The van der Waals surface area contributed by atoms with Crippen molar-refractivity contribution in [3.05, 3.63) is 33.8 Å². The molecular formula is C8H3Cl2NO. The van der Waals surface area contributed by atoms with Crippen LogP contribution in [0.15, 0.2) is 18.2 Å². The topological polar surface area (TPSA) is 40.9 Å². The third-order valence-corrected chi connectivity index (χ3v) is 2.12. The highest BCUT2D eigenvalue weighted by Crippen LogP contribution is 2.25. The summed E-state index contributed by atoms with van der Waals surface area (Å²) in [5.41, 5.74) is 0.145. The van der Waals surface area contributed by atoms with Crippen molar-refractivity contribution in [1.29, 1.82) is 5.26 Å². The average molecular weight is 202 g/mol. The maximum absolute atomic E-state index is 10.9. The number of ketones is 1. The van der Waals surface area contributed by atoms with Crippen LogP contribution in [-0.4, -0.2) is 5.78 Å². The van der Waals surface area contributed by atoms with E-state index < -0.39 is 5.78 Å². The van der Waals surface area contributed by atoms with Gasteiger partial charge in [0.05, 0.1) is 15.6 Å². The van der Waals surface area contributed by atoms with Gasteiger partial charge in [0, 0.05) is 0 Å². The quantitative estimate of drug-likeness (QED) is 0.304. The number of nitriles is 1. The van der Waals surface area contributed by atoms with Crippen LogP contribution in [0.1, 0.15) is 10.4 Å². The molecule has 0 aromatic heterocycles. The minimum Gasteiger partial charge on any atom is -0.277 e. The Morgan fingerprint density at radius 3 is 2.67 bits per heavy atom. The number of nitrogens with zero attached hydrogens (tertiary/aromatic N) is 1. The number of rotatable bonds is 1. The van der Waals surface area contributed by atoms with Crippen molar-refractivity contribution in [1.82, 2.24) is 0 Å². The summed E-state index contributed by atoms with van der Waals surface area (Å²) in [6.07, 6.45) is 0. The molecule has 1 aromatic carbocycles. The molecule has 12 heavy (non-hydrogen) atoms. The Balaban J connectivity index is 3.28. The lowest BCUT2D eigenvalue weighted by Gasteiger charge is -1.98. The number of halogens is 2. The molecule has 0 fully saturated rings. The Labute approximate surface area is 79.3 Å². The molecule has 0 aliphatic carbocycles. The number of hydrogen-bond acceptors (Lipinski definition) is 2. The molecule has 0 amide bonds. The van der Waals surface area contributed by atoms with Gasteiger partial charge < -0.3 is 0 Å². The lowest BCUT2D eigenvalue weighted by atomic mass is 10.2. The molecule has 2 nitrogen and oxygen atoms in total. The van der Waals surface area contributed by atoms with Gasteiger partial charge in [0.15, 0.2) is 0 Å². The van der Waals surface area contributed by atoms with E-state index in [9.17, 15) is 4.79 Å². The van der Waals surface area contributed by atoms with Gasteiger partial charge in [-0.3, -0.25) is 4.79 Å². The zero-order chi connectivity index (χ0) is 9.14. The van der Waals surface area contributed by atoms with Gasteiger partial charge in [0.1, 0.15) is 6.07 Å². The van der Waals surface area contributed by atoms with Crippen LogP contribution in [0.4, 0.5) is 0 Å². The fourth-order valence-electron chi connectivity index (χ4n) is 0.739. The first-order chi connectivity index (χ1) is 5.66. The summed E-state index contributed by atoms with van der Waals surface area (Å²) in [6, 6.07) is 6.05. The van der Waals surface area contributed by atoms with Gasteiger partial charge >= 0.3 is 0 Å². The molecule has 0 radical (unpaired) electrons. The average Bonchev–Trinajstić information content (AvgIpc) is 2.08. The minimum absolute atomic E-state index is 0.130. The smallest absolute Gasteiger partial charge is 0.263 e. The second-order valence-electron chi connectivity index (χ2n) is 2.04. The molecule has 4 heteroatoms. The van der Waals surface area contributed by atoms with Crippen LogP contribution >= 0.6 is 23.2 Å². The molecule has 0 unspecified atom stereocenters. The largest absolute Gasteiger partial charge is 0.277 e. The fraction of sp³-hybridized carbons (Fsp3) is 0. The van der Waals surface area contributed by atoms with E-state index in [-0.39, 0.29) is 15.6 Å². The van der Waals surface area contributed by atoms with E-state index in [0.717, 1.165) is 0 Å². The molecule has 1 rings (SSSR count). The number of Topliss-reactive ketones (excluding diaryl/α,β-unsaturated/α-hetero) is 1. The zero-order valence-corrected chi connectivity index (χ0v) is 7.36. The zero-order valence-electron chi connectivity index (χ0n) is 5.84. The first kappa shape index (κ1) is 9.05. The summed E-state index contributed by atoms with van der Waals surface area (Å²) in [5, 5.41) is 8.71. The summed E-state index contributed by atoms with van der Waals surface area (Å²) in [4.78, 5) is 10.9. The van der Waals surface area contributed by atoms with Crippen LogP contribution in [0, 0.1) is 11.3 Å². The summed E-state index contributed by atoms with van der Waals surface area (Å²) in [6.45, 7) is 0. The van der Waals surface area contributed by atoms with Crippen LogP contribution in [0.3, 0.4) is 0 Å². The Morgan fingerprint density at radius 2 is 2.08 bits per heavy atom. The predicted octanol–water partition coefficient (Wildman–Crippen LogP) is 2.70. The SMILES string of the molecule is [15N]#[13C]C(=O)c1cccc(Cl)c1Cl. The number of hydrogen-bond donors (Lipinski definition) is 0. The van der Waals surface area contributed by atoms with Crippen molar-refractivity contribution in [2.75, 3.05) is 0 Å². The number of carbonyl (C=O) groups is 1. The maximum atomic E-state index is 10.9. The number of carbonyl (C=O) groups excluding carboxylic acids is 1. The van der Waals surface area contributed by atoms with E-state index in [2.05, 4.69) is 0 Å². The second-order valence-corrected chi connectivity index (χ2v) is 2.83. The minimum atomic E-state index is -0.678. The maximum Gasteiger partial charge on any atom is 0.263 e. The fourth-order valence-corrected chi connectivity index (χ4v) is 1.13. The lowest BCUT2D eigenvalue weighted by molar-refractivity contribution is 0.105. The molecule has 0 atom stereocenters. The highest BCUT2D eigenvalue weighted by Gasteiger charge is 2.10. The van der Waals surface area contributed by atoms with E-state index in [1.54, 1.807) is 12.1 Å². The van der Waals surface area contributed by atoms with Gasteiger partial charge in [-0.05, 0) is 12.1 Å². The molecule has 0 saturated carbocycles. The Morgan fingerprint density at radius 1 is 1.42 bits per heavy atom. The highest BCUT2D eigenvalue weighted by atomic mass is 35.5. The van der Waals surface area contributed by atoms with E-state index in [1.165, 1.54) is 12.1 Å². The monoisotopic (exact) mass is 201 g/mol. The van der Waals surface area contributed by atoms with Crippen LogP contribution in [0.5, 0.6) is 0 Å². The van der Waals surface area contributed by atoms with Crippen molar-refractivity contribution >= 4 is 29.0 Å². The molecule has 0 bridgehead atoms. The molecule has 0 aliphatic rings. The van der Waals surface area contributed by atoms with E-state index in [1.807, 2.05) is 0 Å². The molecule has 0 N–H and O–H groups in total. The Hall–Kier alpha value is -1.04. The summed E-state index contributed by atoms with van der Waals surface area (Å²) in [5.74, 6) is -0.678. The van der Waals surface area contributed by atoms with E-state index in [0.29, 0.717) is 0 Å². The van der Waals surface area contributed by atoms with Crippen LogP contribution in [-0.2, 0) is 0 Å². The van der Waals surface area contributed by atoms with Crippen molar-refractivity contribution in [3.63, 3.8) is 0 Å². The van der Waals surface area contributed by atoms with Crippen molar-refractivity contribution < 1.29 is 4.79 Å². The van der Waals surface area contributed by atoms with Crippen molar-refractivity contribution in [3.8, 4) is 6.07 Å². The van der Waals surface area contributed by atoms with Gasteiger partial charge in [-0.1, -0.05) is 29.3 Å².